The summed E-state index contributed by atoms with van der Waals surface area (Å²) in [5.74, 6) is 0.341. The van der Waals surface area contributed by atoms with Crippen LogP contribution in [0.1, 0.15) is 19.4 Å². The van der Waals surface area contributed by atoms with Gasteiger partial charge in [-0.05, 0) is 50.6 Å². The van der Waals surface area contributed by atoms with Crippen molar-refractivity contribution in [3.05, 3.63) is 70.6 Å². The van der Waals surface area contributed by atoms with Crippen molar-refractivity contribution >= 4 is 22.6 Å². The third-order valence-electron chi connectivity index (χ3n) is 4.10. The molecule has 2 aromatic carbocycles. The van der Waals surface area contributed by atoms with Crippen LogP contribution in [0.15, 0.2) is 63.8 Å². The molecule has 26 heavy (non-hydrogen) atoms. The van der Waals surface area contributed by atoms with Gasteiger partial charge in [0.25, 0.3) is 5.91 Å². The fourth-order valence-corrected chi connectivity index (χ4v) is 2.93. The van der Waals surface area contributed by atoms with E-state index in [9.17, 15) is 9.59 Å². The molecule has 0 N–H and O–H groups in total. The molecule has 0 unspecified atom stereocenters. The molecule has 3 rings (SSSR count). The second-order valence-corrected chi connectivity index (χ2v) is 6.39. The molecule has 0 spiro atoms. The molecule has 0 atom stereocenters. The first kappa shape index (κ1) is 17.7. The minimum Gasteiger partial charge on any atom is -0.484 e. The Bertz CT molecular complexity index is 976. The Morgan fingerprint density at radius 3 is 2.54 bits per heavy atom. The fraction of sp³-hybridized carbons (Fsp3) is 0.238. The Balaban J connectivity index is 1.78. The van der Waals surface area contributed by atoms with Crippen LogP contribution in [0.2, 0.25) is 0 Å². The van der Waals surface area contributed by atoms with Crippen LogP contribution in [0.4, 0.5) is 5.69 Å². The summed E-state index contributed by atoms with van der Waals surface area (Å²) >= 11 is 0. The van der Waals surface area contributed by atoms with Crippen LogP contribution < -0.4 is 15.3 Å². The number of hydrogen-bond donors (Lipinski definition) is 0. The maximum atomic E-state index is 12.7. The van der Waals surface area contributed by atoms with E-state index in [4.69, 9.17) is 9.15 Å². The van der Waals surface area contributed by atoms with E-state index in [-0.39, 0.29) is 18.6 Å². The lowest BCUT2D eigenvalue weighted by Gasteiger charge is -2.26. The van der Waals surface area contributed by atoms with Crippen molar-refractivity contribution < 1.29 is 13.9 Å². The molecule has 1 aromatic heterocycles. The van der Waals surface area contributed by atoms with Gasteiger partial charge in [-0.25, -0.2) is 4.79 Å². The largest absolute Gasteiger partial charge is 0.484 e. The number of ether oxygens (including phenoxy) is 1. The summed E-state index contributed by atoms with van der Waals surface area (Å²) in [5, 5.41) is 0.844. The average molecular weight is 351 g/mol. The SMILES string of the molecule is Cc1cc(=O)oc2cc(OCC(=O)N(c3ccccc3)C(C)C)ccc12. The highest BCUT2D eigenvalue weighted by molar-refractivity contribution is 5.95. The normalized spacial score (nSPS) is 10.9. The molecule has 0 radical (unpaired) electrons. The molecule has 0 aliphatic heterocycles. The van der Waals surface area contributed by atoms with E-state index in [1.54, 1.807) is 17.0 Å². The molecular weight excluding hydrogens is 330 g/mol. The zero-order valence-electron chi connectivity index (χ0n) is 15.1. The van der Waals surface area contributed by atoms with Gasteiger partial charge in [0.2, 0.25) is 0 Å². The second kappa shape index (κ2) is 7.44. The standard InChI is InChI=1S/C21H21NO4/c1-14(2)22(16-7-5-4-6-8-16)20(23)13-25-17-9-10-18-15(3)11-21(24)26-19(18)12-17/h4-12,14H,13H2,1-3H3. The number of carbonyl (C=O) groups excluding carboxylic acids is 1. The van der Waals surface area contributed by atoms with Gasteiger partial charge in [-0.1, -0.05) is 18.2 Å². The lowest BCUT2D eigenvalue weighted by atomic mass is 10.1. The third-order valence-corrected chi connectivity index (χ3v) is 4.10. The van der Waals surface area contributed by atoms with Gasteiger partial charge in [0.15, 0.2) is 6.61 Å². The van der Waals surface area contributed by atoms with Crippen LogP contribution in [0.5, 0.6) is 5.75 Å². The summed E-state index contributed by atoms with van der Waals surface area (Å²) in [5.41, 5.74) is 1.71. The molecule has 0 saturated carbocycles. The summed E-state index contributed by atoms with van der Waals surface area (Å²) in [7, 11) is 0. The monoisotopic (exact) mass is 351 g/mol. The molecule has 0 saturated heterocycles. The van der Waals surface area contributed by atoms with E-state index in [1.807, 2.05) is 57.2 Å². The number of para-hydroxylation sites is 1. The molecule has 0 bridgehead atoms. The van der Waals surface area contributed by atoms with Crippen LogP contribution in [0, 0.1) is 6.92 Å². The van der Waals surface area contributed by atoms with Crippen molar-refractivity contribution in [2.75, 3.05) is 11.5 Å². The molecule has 0 aliphatic rings. The number of amides is 1. The van der Waals surface area contributed by atoms with Crippen molar-refractivity contribution in [3.8, 4) is 5.75 Å². The van der Waals surface area contributed by atoms with Crippen LogP contribution >= 0.6 is 0 Å². The smallest absolute Gasteiger partial charge is 0.336 e. The summed E-state index contributed by atoms with van der Waals surface area (Å²) in [6.45, 7) is 5.66. The molecule has 1 amide bonds. The number of benzene rings is 2. The van der Waals surface area contributed by atoms with Gasteiger partial charge in [0.1, 0.15) is 11.3 Å². The van der Waals surface area contributed by atoms with Gasteiger partial charge in [-0.2, -0.15) is 0 Å². The van der Waals surface area contributed by atoms with Gasteiger partial charge in [-0.3, -0.25) is 4.79 Å². The quantitative estimate of drug-likeness (QED) is 0.654. The third kappa shape index (κ3) is 3.77. The number of fused-ring (bicyclic) bond motifs is 1. The van der Waals surface area contributed by atoms with Crippen molar-refractivity contribution in [1.82, 2.24) is 0 Å². The lowest BCUT2D eigenvalue weighted by molar-refractivity contribution is -0.120. The number of rotatable bonds is 5. The highest BCUT2D eigenvalue weighted by Crippen LogP contribution is 2.23. The summed E-state index contributed by atoms with van der Waals surface area (Å²) in [6, 6.07) is 16.2. The Labute approximate surface area is 151 Å². The van der Waals surface area contributed by atoms with Crippen molar-refractivity contribution in [3.63, 3.8) is 0 Å². The summed E-state index contributed by atoms with van der Waals surface area (Å²) < 4.78 is 10.9. The van der Waals surface area contributed by atoms with Gasteiger partial charge in [0, 0.05) is 29.2 Å². The Morgan fingerprint density at radius 1 is 1.12 bits per heavy atom. The Kier molecular flexibility index (Phi) is 5.07. The zero-order valence-corrected chi connectivity index (χ0v) is 15.1. The first-order chi connectivity index (χ1) is 12.5. The zero-order chi connectivity index (χ0) is 18.7. The molecule has 5 nitrogen and oxygen atoms in total. The highest BCUT2D eigenvalue weighted by Gasteiger charge is 2.19. The molecule has 3 aromatic rings. The summed E-state index contributed by atoms with van der Waals surface area (Å²) in [4.78, 5) is 25.9. The molecule has 134 valence electrons. The van der Waals surface area contributed by atoms with E-state index < -0.39 is 5.63 Å². The topological polar surface area (TPSA) is 59.8 Å². The van der Waals surface area contributed by atoms with Crippen LogP contribution in [-0.2, 0) is 4.79 Å². The van der Waals surface area contributed by atoms with Crippen molar-refractivity contribution in [1.29, 1.82) is 0 Å². The van der Waals surface area contributed by atoms with Crippen LogP contribution in [-0.4, -0.2) is 18.6 Å². The second-order valence-electron chi connectivity index (χ2n) is 6.39. The van der Waals surface area contributed by atoms with E-state index in [0.717, 1.165) is 16.6 Å². The maximum absolute atomic E-state index is 12.7. The fourth-order valence-electron chi connectivity index (χ4n) is 2.93. The maximum Gasteiger partial charge on any atom is 0.336 e. The minimum atomic E-state index is -0.404. The average Bonchev–Trinajstić information content (AvgIpc) is 2.60. The van der Waals surface area contributed by atoms with Gasteiger partial charge < -0.3 is 14.1 Å². The Hall–Kier alpha value is -3.08. The van der Waals surface area contributed by atoms with E-state index in [2.05, 4.69) is 0 Å². The number of hydrogen-bond acceptors (Lipinski definition) is 4. The Morgan fingerprint density at radius 2 is 1.85 bits per heavy atom. The van der Waals surface area contributed by atoms with E-state index in [0.29, 0.717) is 11.3 Å². The number of nitrogens with zero attached hydrogens (tertiary/aromatic N) is 1. The number of carbonyl (C=O) groups is 1. The molecule has 0 fully saturated rings. The predicted molar refractivity (Wildman–Crippen MR) is 102 cm³/mol. The van der Waals surface area contributed by atoms with E-state index in [1.165, 1.54) is 6.07 Å². The highest BCUT2D eigenvalue weighted by atomic mass is 16.5. The van der Waals surface area contributed by atoms with Crippen molar-refractivity contribution in [2.45, 2.75) is 26.8 Å². The van der Waals surface area contributed by atoms with Gasteiger partial charge in [-0.15, -0.1) is 0 Å². The number of anilines is 1. The van der Waals surface area contributed by atoms with Gasteiger partial charge >= 0.3 is 5.63 Å². The number of aryl methyl sites for hydroxylation is 1. The van der Waals surface area contributed by atoms with Crippen LogP contribution in [0.3, 0.4) is 0 Å². The molecule has 0 aliphatic carbocycles. The minimum absolute atomic E-state index is 0.00535. The molecule has 5 heteroatoms. The van der Waals surface area contributed by atoms with E-state index >= 15 is 0 Å². The molecule has 1 heterocycles. The van der Waals surface area contributed by atoms with Crippen molar-refractivity contribution in [2.24, 2.45) is 0 Å². The van der Waals surface area contributed by atoms with Crippen LogP contribution in [0.25, 0.3) is 11.0 Å². The van der Waals surface area contributed by atoms with Gasteiger partial charge in [0.05, 0.1) is 0 Å². The lowest BCUT2D eigenvalue weighted by Crippen LogP contribution is -2.40. The first-order valence-electron chi connectivity index (χ1n) is 8.50. The molecular formula is C21H21NO4. The summed E-state index contributed by atoms with van der Waals surface area (Å²) in [6.07, 6.45) is 0. The first-order valence-corrected chi connectivity index (χ1v) is 8.50. The predicted octanol–water partition coefficient (Wildman–Crippen LogP) is 3.92.